The summed E-state index contributed by atoms with van der Waals surface area (Å²) in [5.74, 6) is 0.976. The summed E-state index contributed by atoms with van der Waals surface area (Å²) < 4.78 is 5.24. The summed E-state index contributed by atoms with van der Waals surface area (Å²) >= 11 is 5.79. The Balaban J connectivity index is 1.99. The van der Waals surface area contributed by atoms with Crippen LogP contribution in [-0.2, 0) is 0 Å². The molecule has 5 nitrogen and oxygen atoms in total. The Kier molecular flexibility index (Phi) is 3.12. The van der Waals surface area contributed by atoms with Crippen molar-refractivity contribution in [2.45, 2.75) is 6.92 Å². The Morgan fingerprint density at radius 3 is 2.75 bits per heavy atom. The smallest absolute Gasteiger partial charge is 0.258 e. The number of aryl methyl sites for hydroxylation is 1. The Hall–Kier alpha value is -2.40. The lowest BCUT2D eigenvalue weighted by atomic mass is 10.1. The van der Waals surface area contributed by atoms with E-state index in [1.807, 2.05) is 6.92 Å². The van der Waals surface area contributed by atoms with Gasteiger partial charge >= 0.3 is 0 Å². The topological polar surface area (TPSA) is 72.0 Å². The van der Waals surface area contributed by atoms with Gasteiger partial charge in [0, 0.05) is 11.8 Å². The standard InChI is InChI=1S/C14H10ClN3O2/c1-8-6-10(19)3-4-11(8)14-17-13(18-20-14)12-5-2-9(15)7-16-12/h2-7,19H,1H3. The first kappa shape index (κ1) is 12.6. The number of pyridine rings is 1. The van der Waals surface area contributed by atoms with Gasteiger partial charge in [0.05, 0.1) is 5.02 Å². The van der Waals surface area contributed by atoms with E-state index >= 15 is 0 Å². The van der Waals surface area contributed by atoms with Crippen LogP contribution >= 0.6 is 11.6 Å². The molecule has 0 radical (unpaired) electrons. The molecule has 0 unspecified atom stereocenters. The van der Waals surface area contributed by atoms with E-state index in [-0.39, 0.29) is 5.75 Å². The molecule has 0 saturated carbocycles. The first-order valence-corrected chi connectivity index (χ1v) is 6.27. The molecule has 0 aliphatic carbocycles. The van der Waals surface area contributed by atoms with E-state index in [1.54, 1.807) is 30.3 Å². The third-order valence-corrected chi connectivity index (χ3v) is 3.05. The number of hydrogen-bond acceptors (Lipinski definition) is 5. The molecule has 0 spiro atoms. The maximum Gasteiger partial charge on any atom is 0.258 e. The molecular weight excluding hydrogens is 278 g/mol. The summed E-state index contributed by atoms with van der Waals surface area (Å²) in [5, 5.41) is 13.9. The molecule has 1 N–H and O–H groups in total. The predicted molar refractivity (Wildman–Crippen MR) is 74.4 cm³/mol. The molecule has 100 valence electrons. The Bertz CT molecular complexity index is 753. The molecule has 20 heavy (non-hydrogen) atoms. The highest BCUT2D eigenvalue weighted by Gasteiger charge is 2.13. The molecule has 0 saturated heterocycles. The second-order valence-electron chi connectivity index (χ2n) is 4.28. The first-order valence-electron chi connectivity index (χ1n) is 5.89. The zero-order valence-corrected chi connectivity index (χ0v) is 11.3. The number of halogens is 1. The molecule has 0 aliphatic rings. The molecule has 0 amide bonds. The molecular formula is C14H10ClN3O2. The van der Waals surface area contributed by atoms with Crippen molar-refractivity contribution in [3.05, 3.63) is 47.1 Å². The van der Waals surface area contributed by atoms with Crippen LogP contribution in [0.15, 0.2) is 41.1 Å². The van der Waals surface area contributed by atoms with Gasteiger partial charge in [0.15, 0.2) is 0 Å². The van der Waals surface area contributed by atoms with Crippen LogP contribution < -0.4 is 0 Å². The number of benzene rings is 1. The van der Waals surface area contributed by atoms with Crippen LogP contribution in [-0.4, -0.2) is 20.2 Å². The molecule has 0 aliphatic heterocycles. The molecule has 2 heterocycles. The summed E-state index contributed by atoms with van der Waals surface area (Å²) in [6.45, 7) is 1.86. The van der Waals surface area contributed by atoms with Crippen molar-refractivity contribution in [3.63, 3.8) is 0 Å². The summed E-state index contributed by atoms with van der Waals surface area (Å²) in [4.78, 5) is 8.44. The van der Waals surface area contributed by atoms with Gasteiger partial charge in [0.25, 0.3) is 5.89 Å². The van der Waals surface area contributed by atoms with E-state index in [2.05, 4.69) is 15.1 Å². The van der Waals surface area contributed by atoms with Crippen molar-refractivity contribution in [1.29, 1.82) is 0 Å². The molecule has 0 atom stereocenters. The number of aromatic hydroxyl groups is 1. The Labute approximate surface area is 119 Å². The normalized spacial score (nSPS) is 10.7. The maximum absolute atomic E-state index is 9.40. The number of aromatic nitrogens is 3. The third-order valence-electron chi connectivity index (χ3n) is 2.82. The molecule has 2 aromatic heterocycles. The number of nitrogens with zero attached hydrogens (tertiary/aromatic N) is 3. The predicted octanol–water partition coefficient (Wildman–Crippen LogP) is 3.47. The lowest BCUT2D eigenvalue weighted by Crippen LogP contribution is -1.86. The molecule has 0 fully saturated rings. The largest absolute Gasteiger partial charge is 0.508 e. The lowest BCUT2D eigenvalue weighted by Gasteiger charge is -2.00. The van der Waals surface area contributed by atoms with Crippen LogP contribution in [0.3, 0.4) is 0 Å². The van der Waals surface area contributed by atoms with Crippen molar-refractivity contribution in [3.8, 4) is 28.7 Å². The van der Waals surface area contributed by atoms with Gasteiger partial charge in [0.2, 0.25) is 5.82 Å². The zero-order valence-electron chi connectivity index (χ0n) is 10.5. The Morgan fingerprint density at radius 1 is 1.20 bits per heavy atom. The summed E-state index contributed by atoms with van der Waals surface area (Å²) in [5.41, 5.74) is 2.21. The fraction of sp³-hybridized carbons (Fsp3) is 0.0714. The zero-order chi connectivity index (χ0) is 14.1. The molecule has 3 rings (SSSR count). The number of rotatable bonds is 2. The summed E-state index contributed by atoms with van der Waals surface area (Å²) in [6.07, 6.45) is 1.53. The van der Waals surface area contributed by atoms with Crippen molar-refractivity contribution < 1.29 is 9.63 Å². The van der Waals surface area contributed by atoms with Gasteiger partial charge in [-0.25, -0.2) is 0 Å². The van der Waals surface area contributed by atoms with Crippen LogP contribution in [0, 0.1) is 6.92 Å². The second-order valence-corrected chi connectivity index (χ2v) is 4.72. The Morgan fingerprint density at radius 2 is 2.05 bits per heavy atom. The molecule has 1 aromatic carbocycles. The van der Waals surface area contributed by atoms with Gasteiger partial charge in [-0.3, -0.25) is 4.98 Å². The SMILES string of the molecule is Cc1cc(O)ccc1-c1nc(-c2ccc(Cl)cn2)no1. The second kappa shape index (κ2) is 4.94. The van der Waals surface area contributed by atoms with E-state index in [4.69, 9.17) is 16.1 Å². The van der Waals surface area contributed by atoms with Gasteiger partial charge in [-0.05, 0) is 42.8 Å². The van der Waals surface area contributed by atoms with Crippen LogP contribution in [0.25, 0.3) is 23.0 Å². The molecule has 6 heteroatoms. The fourth-order valence-electron chi connectivity index (χ4n) is 1.83. The van der Waals surface area contributed by atoms with Gasteiger partial charge < -0.3 is 9.63 Å². The number of phenols is 1. The van der Waals surface area contributed by atoms with E-state index < -0.39 is 0 Å². The average molecular weight is 288 g/mol. The minimum absolute atomic E-state index is 0.199. The molecule has 3 aromatic rings. The maximum atomic E-state index is 9.40. The number of phenolic OH excluding ortho intramolecular Hbond substituents is 1. The highest BCUT2D eigenvalue weighted by molar-refractivity contribution is 6.30. The lowest BCUT2D eigenvalue weighted by molar-refractivity contribution is 0.431. The van der Waals surface area contributed by atoms with Crippen molar-refractivity contribution in [2.24, 2.45) is 0 Å². The molecule has 0 bridgehead atoms. The van der Waals surface area contributed by atoms with Crippen LogP contribution in [0.4, 0.5) is 0 Å². The van der Waals surface area contributed by atoms with E-state index in [1.165, 1.54) is 6.20 Å². The van der Waals surface area contributed by atoms with Gasteiger partial charge in [-0.15, -0.1) is 0 Å². The third kappa shape index (κ3) is 2.35. The van der Waals surface area contributed by atoms with E-state index in [0.717, 1.165) is 11.1 Å². The van der Waals surface area contributed by atoms with Crippen LogP contribution in [0.5, 0.6) is 5.75 Å². The van der Waals surface area contributed by atoms with Crippen LogP contribution in [0.1, 0.15) is 5.56 Å². The minimum Gasteiger partial charge on any atom is -0.508 e. The first-order chi connectivity index (χ1) is 9.63. The van der Waals surface area contributed by atoms with Gasteiger partial charge in [-0.2, -0.15) is 4.98 Å². The average Bonchev–Trinajstić information content (AvgIpc) is 2.89. The summed E-state index contributed by atoms with van der Waals surface area (Å²) in [7, 11) is 0. The van der Waals surface area contributed by atoms with E-state index in [0.29, 0.717) is 22.4 Å². The van der Waals surface area contributed by atoms with Crippen molar-refractivity contribution in [2.75, 3.05) is 0 Å². The van der Waals surface area contributed by atoms with Gasteiger partial charge in [-0.1, -0.05) is 16.8 Å². The number of hydrogen-bond donors (Lipinski definition) is 1. The van der Waals surface area contributed by atoms with E-state index in [9.17, 15) is 5.11 Å². The van der Waals surface area contributed by atoms with Gasteiger partial charge in [0.1, 0.15) is 11.4 Å². The highest BCUT2D eigenvalue weighted by atomic mass is 35.5. The van der Waals surface area contributed by atoms with Crippen molar-refractivity contribution >= 4 is 11.6 Å². The minimum atomic E-state index is 0.199. The highest BCUT2D eigenvalue weighted by Crippen LogP contribution is 2.26. The monoisotopic (exact) mass is 287 g/mol. The van der Waals surface area contributed by atoms with Crippen molar-refractivity contribution in [1.82, 2.24) is 15.1 Å². The quantitative estimate of drug-likeness (QED) is 0.781. The fourth-order valence-corrected chi connectivity index (χ4v) is 1.94. The van der Waals surface area contributed by atoms with Crippen LogP contribution in [0.2, 0.25) is 5.02 Å². The summed E-state index contributed by atoms with van der Waals surface area (Å²) in [6, 6.07) is 8.39.